The van der Waals surface area contributed by atoms with Crippen molar-refractivity contribution in [3.8, 4) is 0 Å². The lowest BCUT2D eigenvalue weighted by Crippen LogP contribution is -2.31. The number of carbonyl (C=O) groups excluding carboxylic acids is 1. The highest BCUT2D eigenvalue weighted by Gasteiger charge is 2.39. The Morgan fingerprint density at radius 3 is 2.61 bits per heavy atom. The summed E-state index contributed by atoms with van der Waals surface area (Å²) in [6, 6.07) is 0. The molecule has 0 aromatic heterocycles. The fraction of sp³-hybridized carbons (Fsp3) is 0.875. The van der Waals surface area contributed by atoms with Gasteiger partial charge in [-0.2, -0.15) is 0 Å². The van der Waals surface area contributed by atoms with Crippen LogP contribution in [0.2, 0.25) is 0 Å². The first-order chi connectivity index (χ1) is 13.6. The molecule has 1 aliphatic heterocycles. The van der Waals surface area contributed by atoms with Crippen molar-refractivity contribution in [2.24, 2.45) is 17.8 Å². The van der Waals surface area contributed by atoms with Crippen LogP contribution in [0.1, 0.15) is 90.9 Å². The van der Waals surface area contributed by atoms with Crippen LogP contribution >= 0.6 is 0 Å². The quantitative estimate of drug-likeness (QED) is 0.217. The van der Waals surface area contributed by atoms with Crippen LogP contribution in [0, 0.1) is 17.8 Å². The predicted octanol–water partition coefficient (Wildman–Crippen LogP) is 6.04. The van der Waals surface area contributed by atoms with Gasteiger partial charge >= 0.3 is 5.97 Å². The SMILES string of the molecule is CCCCCC1(CCC2C(C)CCC2C/C=C\CCCC(=O)OC)OCCO1. The molecule has 28 heavy (non-hydrogen) atoms. The summed E-state index contributed by atoms with van der Waals surface area (Å²) in [6.07, 6.45) is 17.8. The number of allylic oxidation sites excluding steroid dienone is 2. The molecule has 1 saturated heterocycles. The molecule has 1 heterocycles. The minimum atomic E-state index is -0.300. The molecule has 2 fully saturated rings. The van der Waals surface area contributed by atoms with Gasteiger partial charge in [0.2, 0.25) is 0 Å². The Labute approximate surface area is 172 Å². The Bertz CT molecular complexity index is 467. The summed E-state index contributed by atoms with van der Waals surface area (Å²) in [7, 11) is 1.45. The first-order valence-electron chi connectivity index (χ1n) is 11.6. The zero-order chi connectivity index (χ0) is 20.2. The molecule has 4 nitrogen and oxygen atoms in total. The van der Waals surface area contributed by atoms with Crippen LogP contribution in [0.25, 0.3) is 0 Å². The molecule has 2 rings (SSSR count). The minimum absolute atomic E-state index is 0.109. The van der Waals surface area contributed by atoms with Gasteiger partial charge in [-0.3, -0.25) is 4.79 Å². The largest absolute Gasteiger partial charge is 0.469 e. The number of rotatable bonds is 13. The van der Waals surface area contributed by atoms with Crippen molar-refractivity contribution >= 4 is 5.97 Å². The third-order valence-corrected chi connectivity index (χ3v) is 6.75. The third kappa shape index (κ3) is 7.51. The van der Waals surface area contributed by atoms with E-state index in [2.05, 4.69) is 30.7 Å². The van der Waals surface area contributed by atoms with E-state index in [0.29, 0.717) is 6.42 Å². The number of unbranched alkanes of at least 4 members (excludes halogenated alkanes) is 3. The van der Waals surface area contributed by atoms with Crippen molar-refractivity contribution in [1.29, 1.82) is 0 Å². The molecule has 3 unspecified atom stereocenters. The Balaban J connectivity index is 1.76. The van der Waals surface area contributed by atoms with Crippen LogP contribution in [-0.2, 0) is 19.0 Å². The standard InChI is InChI=1S/C24H42O4/c1-4-5-10-16-24(27-18-19-28-24)17-15-22-20(2)13-14-21(22)11-8-6-7-9-12-23(25)26-3/h6,8,20-22H,4-5,7,9-19H2,1-3H3/b8-6-. The number of hydrogen-bond acceptors (Lipinski definition) is 4. The molecule has 0 N–H and O–H groups in total. The van der Waals surface area contributed by atoms with Crippen LogP contribution in [0.3, 0.4) is 0 Å². The average molecular weight is 395 g/mol. The highest BCUT2D eigenvalue weighted by atomic mass is 16.7. The van der Waals surface area contributed by atoms with Crippen LogP contribution in [-0.4, -0.2) is 32.1 Å². The molecule has 0 spiro atoms. The van der Waals surface area contributed by atoms with Gasteiger partial charge in [0, 0.05) is 19.3 Å². The summed E-state index contributed by atoms with van der Waals surface area (Å²) in [4.78, 5) is 11.2. The van der Waals surface area contributed by atoms with E-state index in [9.17, 15) is 4.79 Å². The molecule has 0 amide bonds. The van der Waals surface area contributed by atoms with Gasteiger partial charge in [-0.15, -0.1) is 0 Å². The number of esters is 1. The highest BCUT2D eigenvalue weighted by molar-refractivity contribution is 5.69. The van der Waals surface area contributed by atoms with Gasteiger partial charge in [-0.05, 0) is 56.3 Å². The summed E-state index contributed by atoms with van der Waals surface area (Å²) in [5.41, 5.74) is 0. The van der Waals surface area contributed by atoms with E-state index in [0.717, 1.165) is 63.1 Å². The summed E-state index contributed by atoms with van der Waals surface area (Å²) in [5.74, 6) is 1.94. The van der Waals surface area contributed by atoms with Gasteiger partial charge in [0.05, 0.1) is 20.3 Å². The van der Waals surface area contributed by atoms with Crippen molar-refractivity contribution in [3.05, 3.63) is 12.2 Å². The van der Waals surface area contributed by atoms with Gasteiger partial charge in [0.25, 0.3) is 0 Å². The van der Waals surface area contributed by atoms with E-state index in [4.69, 9.17) is 9.47 Å². The van der Waals surface area contributed by atoms with Gasteiger partial charge in [-0.25, -0.2) is 0 Å². The highest BCUT2D eigenvalue weighted by Crippen LogP contribution is 2.44. The molecule has 3 atom stereocenters. The van der Waals surface area contributed by atoms with Crippen LogP contribution in [0.4, 0.5) is 0 Å². The smallest absolute Gasteiger partial charge is 0.305 e. The molecule has 1 saturated carbocycles. The summed E-state index contributed by atoms with van der Waals surface area (Å²) in [6.45, 7) is 6.18. The maximum atomic E-state index is 11.2. The zero-order valence-electron chi connectivity index (χ0n) is 18.4. The Kier molecular flexibility index (Phi) is 10.6. The molecule has 1 aliphatic carbocycles. The minimum Gasteiger partial charge on any atom is -0.469 e. The number of ether oxygens (including phenoxy) is 3. The normalized spacial score (nSPS) is 26.9. The number of hydrogen-bond donors (Lipinski definition) is 0. The van der Waals surface area contributed by atoms with Crippen molar-refractivity contribution in [2.45, 2.75) is 96.7 Å². The fourth-order valence-corrected chi connectivity index (χ4v) is 4.98. The average Bonchev–Trinajstić information content (AvgIpc) is 3.30. The van der Waals surface area contributed by atoms with E-state index in [-0.39, 0.29) is 11.8 Å². The van der Waals surface area contributed by atoms with E-state index in [1.165, 1.54) is 45.6 Å². The molecular weight excluding hydrogens is 352 g/mol. The predicted molar refractivity (Wildman–Crippen MR) is 113 cm³/mol. The summed E-state index contributed by atoms with van der Waals surface area (Å²) in [5, 5.41) is 0. The third-order valence-electron chi connectivity index (χ3n) is 6.75. The maximum absolute atomic E-state index is 11.2. The summed E-state index contributed by atoms with van der Waals surface area (Å²) < 4.78 is 16.9. The molecule has 2 aliphatic rings. The molecular formula is C24H42O4. The van der Waals surface area contributed by atoms with E-state index < -0.39 is 0 Å². The van der Waals surface area contributed by atoms with E-state index >= 15 is 0 Å². The van der Waals surface area contributed by atoms with Gasteiger partial charge < -0.3 is 14.2 Å². The van der Waals surface area contributed by atoms with Gasteiger partial charge in [0.15, 0.2) is 5.79 Å². The monoisotopic (exact) mass is 394 g/mol. The molecule has 0 bridgehead atoms. The Morgan fingerprint density at radius 2 is 1.89 bits per heavy atom. The molecule has 0 radical (unpaired) electrons. The lowest BCUT2D eigenvalue weighted by atomic mass is 9.82. The maximum Gasteiger partial charge on any atom is 0.305 e. The van der Waals surface area contributed by atoms with Crippen LogP contribution < -0.4 is 0 Å². The zero-order valence-corrected chi connectivity index (χ0v) is 18.4. The van der Waals surface area contributed by atoms with E-state index in [1.807, 2.05) is 0 Å². The van der Waals surface area contributed by atoms with Gasteiger partial charge in [0.1, 0.15) is 0 Å². The molecule has 4 heteroatoms. The Hall–Kier alpha value is -0.870. The first-order valence-corrected chi connectivity index (χ1v) is 11.6. The van der Waals surface area contributed by atoms with Crippen molar-refractivity contribution in [2.75, 3.05) is 20.3 Å². The molecule has 0 aromatic carbocycles. The lowest BCUT2D eigenvalue weighted by Gasteiger charge is -2.31. The van der Waals surface area contributed by atoms with Crippen molar-refractivity contribution in [1.82, 2.24) is 0 Å². The first kappa shape index (κ1) is 23.4. The number of methoxy groups -OCH3 is 1. The second-order valence-corrected chi connectivity index (χ2v) is 8.76. The van der Waals surface area contributed by atoms with Crippen LogP contribution in [0.5, 0.6) is 0 Å². The second-order valence-electron chi connectivity index (χ2n) is 8.76. The fourth-order valence-electron chi connectivity index (χ4n) is 4.98. The number of carbonyl (C=O) groups is 1. The van der Waals surface area contributed by atoms with Crippen molar-refractivity contribution < 1.29 is 19.0 Å². The van der Waals surface area contributed by atoms with Gasteiger partial charge in [-0.1, -0.05) is 45.3 Å². The van der Waals surface area contributed by atoms with Crippen LogP contribution in [0.15, 0.2) is 12.2 Å². The molecule has 162 valence electrons. The summed E-state index contributed by atoms with van der Waals surface area (Å²) >= 11 is 0. The Morgan fingerprint density at radius 1 is 1.11 bits per heavy atom. The second kappa shape index (κ2) is 12.6. The lowest BCUT2D eigenvalue weighted by molar-refractivity contribution is -0.171. The molecule has 0 aromatic rings. The van der Waals surface area contributed by atoms with Crippen molar-refractivity contribution in [3.63, 3.8) is 0 Å². The van der Waals surface area contributed by atoms with E-state index in [1.54, 1.807) is 0 Å². The topological polar surface area (TPSA) is 44.8 Å².